The smallest absolute Gasteiger partial charge is 0.371 e. The largest absolute Gasteiger partial charge is 0.379 e. The van der Waals surface area contributed by atoms with Crippen LogP contribution in [0.3, 0.4) is 0 Å². The molecule has 0 spiro atoms. The van der Waals surface area contributed by atoms with Gasteiger partial charge in [0.25, 0.3) is 0 Å². The van der Waals surface area contributed by atoms with Gasteiger partial charge >= 0.3 is 5.91 Å². The first-order chi connectivity index (χ1) is 13.8. The quantitative estimate of drug-likeness (QED) is 0.694. The zero-order valence-corrected chi connectivity index (χ0v) is 16.1. The van der Waals surface area contributed by atoms with Crippen molar-refractivity contribution in [3.05, 3.63) is 77.9 Å². The van der Waals surface area contributed by atoms with Crippen molar-refractivity contribution in [1.82, 2.24) is 4.90 Å². The van der Waals surface area contributed by atoms with E-state index in [0.717, 1.165) is 49.5 Å². The Labute approximate surface area is 166 Å². The number of hydrogen-bond donors (Lipinski definition) is 0. The lowest BCUT2D eigenvalue weighted by Gasteiger charge is -2.31. The number of carbonyl (C=O) groups excluding carboxylic acids is 1. The molecule has 1 unspecified atom stereocenters. The third-order valence-corrected chi connectivity index (χ3v) is 5.40. The van der Waals surface area contributed by atoms with Crippen LogP contribution in [0.4, 0.5) is 0 Å². The van der Waals surface area contributed by atoms with Crippen molar-refractivity contribution in [3.63, 3.8) is 0 Å². The van der Waals surface area contributed by atoms with E-state index in [9.17, 15) is 4.79 Å². The first-order valence-corrected chi connectivity index (χ1v) is 9.91. The number of rotatable bonds is 7. The van der Waals surface area contributed by atoms with Crippen LogP contribution in [-0.4, -0.2) is 61.5 Å². The highest BCUT2D eigenvalue weighted by atomic mass is 16.7. The van der Waals surface area contributed by atoms with Gasteiger partial charge in [0.15, 0.2) is 0 Å². The molecule has 0 N–H and O–H groups in total. The van der Waals surface area contributed by atoms with Crippen molar-refractivity contribution in [2.24, 2.45) is 0 Å². The third-order valence-electron chi connectivity index (χ3n) is 5.40. The summed E-state index contributed by atoms with van der Waals surface area (Å²) in [6, 6.07) is 20.2. The Hall–Kier alpha value is -2.31. The summed E-state index contributed by atoms with van der Waals surface area (Å²) < 4.78 is 5.41. The number of nitrogens with zero attached hydrogens (tertiary/aromatic N) is 2. The first-order valence-electron chi connectivity index (χ1n) is 9.91. The van der Waals surface area contributed by atoms with E-state index in [-0.39, 0.29) is 10.6 Å². The van der Waals surface area contributed by atoms with Crippen molar-refractivity contribution in [2.75, 3.05) is 46.0 Å². The maximum absolute atomic E-state index is 13.1. The van der Waals surface area contributed by atoms with Gasteiger partial charge in [-0.3, -0.25) is 4.90 Å². The second kappa shape index (κ2) is 8.80. The molecule has 5 nitrogen and oxygen atoms in total. The molecule has 4 rings (SSSR count). The second-order valence-corrected chi connectivity index (χ2v) is 7.35. The Kier molecular flexibility index (Phi) is 5.98. The summed E-state index contributed by atoms with van der Waals surface area (Å²) in [5.41, 5.74) is 3.22. The topological polar surface area (TPSA) is 38.8 Å². The number of quaternary nitrogens is 1. The molecule has 1 atom stereocenters. The molecule has 5 heteroatoms. The van der Waals surface area contributed by atoms with Gasteiger partial charge in [-0.05, 0) is 5.56 Å². The molecule has 2 aliphatic rings. The molecule has 146 valence electrons. The molecule has 2 heterocycles. The average Bonchev–Trinajstić information content (AvgIpc) is 3.06. The molecule has 1 saturated heterocycles. The fourth-order valence-electron chi connectivity index (χ4n) is 3.83. The fourth-order valence-corrected chi connectivity index (χ4v) is 3.83. The predicted molar refractivity (Wildman–Crippen MR) is 108 cm³/mol. The monoisotopic (exact) mass is 379 g/mol. The molecular formula is C23H27N2O3+. The van der Waals surface area contributed by atoms with E-state index in [1.165, 1.54) is 0 Å². The van der Waals surface area contributed by atoms with Crippen molar-refractivity contribution in [3.8, 4) is 0 Å². The Morgan fingerprint density at radius 1 is 0.964 bits per heavy atom. The normalized spacial score (nSPS) is 23.0. The third kappa shape index (κ3) is 4.39. The average molecular weight is 379 g/mol. The molecule has 0 saturated carbocycles. The molecule has 0 bridgehead atoms. The van der Waals surface area contributed by atoms with Crippen LogP contribution in [0.15, 0.2) is 66.7 Å². The molecule has 28 heavy (non-hydrogen) atoms. The summed E-state index contributed by atoms with van der Waals surface area (Å²) >= 11 is 0. The lowest BCUT2D eigenvalue weighted by molar-refractivity contribution is -1.05. The van der Waals surface area contributed by atoms with Crippen LogP contribution in [0.2, 0.25) is 0 Å². The maximum atomic E-state index is 13.1. The van der Waals surface area contributed by atoms with E-state index in [4.69, 9.17) is 9.57 Å². The van der Waals surface area contributed by atoms with E-state index < -0.39 is 0 Å². The van der Waals surface area contributed by atoms with Crippen molar-refractivity contribution in [1.29, 1.82) is 0 Å². The molecule has 1 amide bonds. The lowest BCUT2D eigenvalue weighted by atomic mass is 10.1. The summed E-state index contributed by atoms with van der Waals surface area (Å²) in [5, 5.41) is 0. The highest BCUT2D eigenvalue weighted by Gasteiger charge is 2.44. The molecular weight excluding hydrogens is 352 g/mol. The van der Waals surface area contributed by atoms with E-state index >= 15 is 0 Å². The summed E-state index contributed by atoms with van der Waals surface area (Å²) in [6.07, 6.45) is 1.76. The Bertz CT molecular complexity index is 816. The van der Waals surface area contributed by atoms with Crippen LogP contribution in [0.5, 0.6) is 0 Å². The number of hydrogen-bond acceptors (Lipinski definition) is 4. The van der Waals surface area contributed by atoms with E-state index in [2.05, 4.69) is 29.2 Å². The minimum atomic E-state index is -0.00141. The standard InChI is InChI=1S/C23H27N2O3/c26-23-17-22(21-9-5-2-6-10-21)19-25(23,18-20-7-3-1-4-8-20)28-16-13-24-11-14-27-15-12-24/h1-10,17H,11-16,18-19H2/q+1. The van der Waals surface area contributed by atoms with Crippen LogP contribution in [0.1, 0.15) is 11.1 Å². The Morgan fingerprint density at radius 2 is 1.64 bits per heavy atom. The Balaban J connectivity index is 1.50. The predicted octanol–water partition coefficient (Wildman–Crippen LogP) is 2.89. The maximum Gasteiger partial charge on any atom is 0.371 e. The highest BCUT2D eigenvalue weighted by molar-refractivity contribution is 5.95. The summed E-state index contributed by atoms with van der Waals surface area (Å²) in [6.45, 7) is 5.80. The minimum Gasteiger partial charge on any atom is -0.379 e. The van der Waals surface area contributed by atoms with Gasteiger partial charge in [-0.15, -0.1) is 4.65 Å². The van der Waals surface area contributed by atoms with E-state index in [1.54, 1.807) is 6.08 Å². The number of ether oxygens (including phenoxy) is 1. The molecule has 0 aromatic heterocycles. The first kappa shape index (κ1) is 19.0. The van der Waals surface area contributed by atoms with Crippen LogP contribution in [0, 0.1) is 0 Å². The van der Waals surface area contributed by atoms with Gasteiger partial charge in [-0.2, -0.15) is 4.84 Å². The van der Waals surface area contributed by atoms with E-state index in [0.29, 0.717) is 19.7 Å². The van der Waals surface area contributed by atoms with Gasteiger partial charge in [-0.1, -0.05) is 60.7 Å². The van der Waals surface area contributed by atoms with Crippen LogP contribution < -0.4 is 0 Å². The van der Waals surface area contributed by atoms with Gasteiger partial charge in [0.05, 0.1) is 19.3 Å². The molecule has 0 radical (unpaired) electrons. The number of hydroxylamine groups is 3. The van der Waals surface area contributed by atoms with Crippen molar-refractivity contribution < 1.29 is 19.0 Å². The van der Waals surface area contributed by atoms with Gasteiger partial charge in [0.2, 0.25) is 0 Å². The molecule has 2 aromatic rings. The van der Waals surface area contributed by atoms with Crippen LogP contribution >= 0.6 is 0 Å². The minimum absolute atomic E-state index is 0.00141. The van der Waals surface area contributed by atoms with Gasteiger partial charge < -0.3 is 4.74 Å². The highest BCUT2D eigenvalue weighted by Crippen LogP contribution is 2.31. The lowest BCUT2D eigenvalue weighted by Crippen LogP contribution is -2.50. The Morgan fingerprint density at radius 3 is 2.36 bits per heavy atom. The summed E-state index contributed by atoms with van der Waals surface area (Å²) in [5.74, 6) is 0.0182. The second-order valence-electron chi connectivity index (χ2n) is 7.35. The van der Waals surface area contributed by atoms with Crippen molar-refractivity contribution >= 4 is 11.5 Å². The molecule has 2 aromatic carbocycles. The zero-order valence-electron chi connectivity index (χ0n) is 16.1. The number of amides is 1. The van der Waals surface area contributed by atoms with Gasteiger partial charge in [0, 0.05) is 30.8 Å². The molecule has 1 fully saturated rings. The summed E-state index contributed by atoms with van der Waals surface area (Å²) in [7, 11) is 0. The SMILES string of the molecule is O=C1C=C(c2ccccc2)C[N+]1(Cc1ccccc1)OCCN1CCOCC1. The summed E-state index contributed by atoms with van der Waals surface area (Å²) in [4.78, 5) is 21.7. The zero-order chi connectivity index (χ0) is 19.2. The van der Waals surface area contributed by atoms with Gasteiger partial charge in [-0.25, -0.2) is 4.79 Å². The number of benzene rings is 2. The van der Waals surface area contributed by atoms with Crippen LogP contribution in [0.25, 0.3) is 5.57 Å². The molecule has 2 aliphatic heterocycles. The van der Waals surface area contributed by atoms with E-state index in [1.807, 2.05) is 36.4 Å². The van der Waals surface area contributed by atoms with Crippen molar-refractivity contribution in [2.45, 2.75) is 6.54 Å². The van der Waals surface area contributed by atoms with Crippen LogP contribution in [-0.2, 0) is 20.9 Å². The van der Waals surface area contributed by atoms with Gasteiger partial charge in [0.1, 0.15) is 19.7 Å². The fraction of sp³-hybridized carbons (Fsp3) is 0.348. The molecule has 0 aliphatic carbocycles. The number of morpholine rings is 1. The number of carbonyl (C=O) groups is 1.